The highest BCUT2D eigenvalue weighted by Crippen LogP contribution is 2.14. The largest absolute Gasteiger partial charge is 0.331 e. The zero-order chi connectivity index (χ0) is 13.8. The van der Waals surface area contributed by atoms with Crippen LogP contribution in [0.5, 0.6) is 0 Å². The van der Waals surface area contributed by atoms with Crippen LogP contribution < -0.4 is 0 Å². The first kappa shape index (κ1) is 13.0. The molecule has 5 heteroatoms. The van der Waals surface area contributed by atoms with Crippen molar-refractivity contribution < 1.29 is 4.79 Å². The number of aromatic nitrogens is 3. The Balaban J connectivity index is 2.33. The molecule has 0 fully saturated rings. The normalized spacial score (nSPS) is 10.4. The van der Waals surface area contributed by atoms with Gasteiger partial charge in [-0.3, -0.25) is 4.79 Å². The van der Waals surface area contributed by atoms with E-state index < -0.39 is 0 Å². The van der Waals surface area contributed by atoms with Gasteiger partial charge in [-0.25, -0.2) is 4.68 Å². The lowest BCUT2D eigenvalue weighted by molar-refractivity contribution is 0.0791. The quantitative estimate of drug-likeness (QED) is 0.766. The third-order valence-corrected chi connectivity index (χ3v) is 2.84. The van der Waals surface area contributed by atoms with Crippen LogP contribution >= 0.6 is 0 Å². The molecule has 0 spiro atoms. The topological polar surface area (TPSA) is 51.0 Å². The average Bonchev–Trinajstić information content (AvgIpc) is 2.79. The maximum absolute atomic E-state index is 12.4. The van der Waals surface area contributed by atoms with Gasteiger partial charge in [0.05, 0.1) is 5.52 Å². The van der Waals surface area contributed by atoms with Crippen LogP contribution in [0.2, 0.25) is 0 Å². The van der Waals surface area contributed by atoms with Crippen molar-refractivity contribution in [2.45, 2.75) is 0 Å². The van der Waals surface area contributed by atoms with Crippen LogP contribution in [0.1, 0.15) is 10.4 Å². The van der Waals surface area contributed by atoms with Gasteiger partial charge in [0, 0.05) is 25.7 Å². The lowest BCUT2D eigenvalue weighted by Crippen LogP contribution is -2.31. The van der Waals surface area contributed by atoms with Crippen molar-refractivity contribution in [1.82, 2.24) is 19.9 Å². The van der Waals surface area contributed by atoms with Crippen LogP contribution in [0.3, 0.4) is 0 Å². The van der Waals surface area contributed by atoms with Crippen LogP contribution in [0.15, 0.2) is 43.5 Å². The summed E-state index contributed by atoms with van der Waals surface area (Å²) in [6, 6.07) is 5.39. The third kappa shape index (κ3) is 2.54. The van der Waals surface area contributed by atoms with Gasteiger partial charge < -0.3 is 4.90 Å². The minimum absolute atomic E-state index is 0.0626. The maximum Gasteiger partial charge on any atom is 0.254 e. The van der Waals surface area contributed by atoms with E-state index >= 15 is 0 Å². The molecule has 19 heavy (non-hydrogen) atoms. The molecule has 1 aromatic carbocycles. The highest BCUT2D eigenvalue weighted by atomic mass is 16.2. The first-order chi connectivity index (χ1) is 9.17. The van der Waals surface area contributed by atoms with Crippen LogP contribution in [0.25, 0.3) is 11.0 Å². The molecule has 1 amide bonds. The number of rotatable bonds is 5. The zero-order valence-electron chi connectivity index (χ0n) is 10.9. The Morgan fingerprint density at radius 1 is 1.37 bits per heavy atom. The van der Waals surface area contributed by atoms with Crippen LogP contribution in [0.4, 0.5) is 0 Å². The molecule has 0 aliphatic carbocycles. The number of hydrogen-bond donors (Lipinski definition) is 0. The minimum atomic E-state index is -0.0626. The first-order valence-corrected chi connectivity index (χ1v) is 5.98. The number of nitrogens with zero attached hydrogens (tertiary/aromatic N) is 4. The summed E-state index contributed by atoms with van der Waals surface area (Å²) in [6.07, 6.45) is 3.39. The van der Waals surface area contributed by atoms with Crippen LogP contribution in [0, 0.1) is 0 Å². The van der Waals surface area contributed by atoms with Gasteiger partial charge in [-0.1, -0.05) is 17.4 Å². The Labute approximate surface area is 111 Å². The number of carbonyl (C=O) groups is 1. The van der Waals surface area contributed by atoms with E-state index in [1.807, 2.05) is 13.1 Å². The lowest BCUT2D eigenvalue weighted by Gasteiger charge is -2.19. The fourth-order valence-electron chi connectivity index (χ4n) is 1.91. The van der Waals surface area contributed by atoms with E-state index in [2.05, 4.69) is 23.5 Å². The molecular weight excluding hydrogens is 240 g/mol. The van der Waals surface area contributed by atoms with Gasteiger partial charge >= 0.3 is 0 Å². The van der Waals surface area contributed by atoms with Crippen molar-refractivity contribution in [2.75, 3.05) is 13.1 Å². The zero-order valence-corrected chi connectivity index (χ0v) is 10.9. The van der Waals surface area contributed by atoms with E-state index in [4.69, 9.17) is 0 Å². The van der Waals surface area contributed by atoms with Crippen molar-refractivity contribution in [1.29, 1.82) is 0 Å². The Morgan fingerprint density at radius 2 is 2.05 bits per heavy atom. The molecule has 0 saturated carbocycles. The van der Waals surface area contributed by atoms with Gasteiger partial charge in [-0.2, -0.15) is 0 Å². The summed E-state index contributed by atoms with van der Waals surface area (Å²) in [4.78, 5) is 14.0. The Hall–Kier alpha value is -2.43. The van der Waals surface area contributed by atoms with Gasteiger partial charge in [0.25, 0.3) is 5.91 Å². The third-order valence-electron chi connectivity index (χ3n) is 2.84. The summed E-state index contributed by atoms with van der Waals surface area (Å²) < 4.78 is 1.68. The molecular formula is C14H16N4O. The molecule has 0 aliphatic rings. The van der Waals surface area contributed by atoms with E-state index in [0.29, 0.717) is 24.2 Å². The molecule has 2 aromatic rings. The smallest absolute Gasteiger partial charge is 0.254 e. The second kappa shape index (κ2) is 5.48. The molecule has 0 aliphatic heterocycles. The summed E-state index contributed by atoms with van der Waals surface area (Å²) in [6.45, 7) is 8.30. The molecule has 1 heterocycles. The van der Waals surface area contributed by atoms with E-state index in [9.17, 15) is 4.79 Å². The van der Waals surface area contributed by atoms with Crippen LogP contribution in [-0.2, 0) is 7.05 Å². The molecule has 98 valence electrons. The summed E-state index contributed by atoms with van der Waals surface area (Å²) in [5.41, 5.74) is 2.21. The standard InChI is InChI=1S/C14H16N4O/c1-4-8-18(9-5-2)14(19)11-6-7-13-12(10-11)15-16-17(13)3/h4-7,10H,1-2,8-9H2,3H3. The first-order valence-electron chi connectivity index (χ1n) is 5.98. The highest BCUT2D eigenvalue weighted by molar-refractivity contribution is 5.97. The van der Waals surface area contributed by atoms with Gasteiger partial charge in [-0.05, 0) is 18.2 Å². The molecule has 2 rings (SSSR count). The van der Waals surface area contributed by atoms with E-state index in [0.717, 1.165) is 5.52 Å². The van der Waals surface area contributed by atoms with Crippen molar-refractivity contribution in [3.8, 4) is 0 Å². The molecule has 0 bridgehead atoms. The van der Waals surface area contributed by atoms with Crippen molar-refractivity contribution >= 4 is 16.9 Å². The summed E-state index contributed by atoms with van der Waals surface area (Å²) in [5, 5.41) is 7.94. The molecule has 0 radical (unpaired) electrons. The van der Waals surface area contributed by atoms with E-state index in [-0.39, 0.29) is 5.91 Å². The second-order valence-electron chi connectivity index (χ2n) is 4.20. The number of fused-ring (bicyclic) bond motifs is 1. The molecule has 0 unspecified atom stereocenters. The van der Waals surface area contributed by atoms with E-state index in [1.54, 1.807) is 33.9 Å². The van der Waals surface area contributed by atoms with Gasteiger partial charge in [0.2, 0.25) is 0 Å². The van der Waals surface area contributed by atoms with Crippen molar-refractivity contribution in [3.63, 3.8) is 0 Å². The predicted octanol–water partition coefficient (Wildman–Crippen LogP) is 1.78. The average molecular weight is 256 g/mol. The van der Waals surface area contributed by atoms with E-state index in [1.165, 1.54) is 0 Å². The van der Waals surface area contributed by atoms with Gasteiger partial charge in [0.1, 0.15) is 5.52 Å². The lowest BCUT2D eigenvalue weighted by atomic mass is 10.1. The molecule has 0 N–H and O–H groups in total. The Bertz CT molecular complexity index is 619. The summed E-state index contributed by atoms with van der Waals surface area (Å²) in [7, 11) is 1.82. The minimum Gasteiger partial charge on any atom is -0.331 e. The number of carbonyl (C=O) groups excluding carboxylic acids is 1. The molecule has 0 atom stereocenters. The molecule has 0 saturated heterocycles. The van der Waals surface area contributed by atoms with Crippen molar-refractivity contribution in [3.05, 3.63) is 49.1 Å². The van der Waals surface area contributed by atoms with Crippen molar-refractivity contribution in [2.24, 2.45) is 7.05 Å². The summed E-state index contributed by atoms with van der Waals surface area (Å²) >= 11 is 0. The summed E-state index contributed by atoms with van der Waals surface area (Å²) in [5.74, 6) is -0.0626. The SMILES string of the molecule is C=CCN(CC=C)C(=O)c1ccc2c(c1)nnn2C. The van der Waals surface area contributed by atoms with Gasteiger partial charge in [-0.15, -0.1) is 18.3 Å². The van der Waals surface area contributed by atoms with Gasteiger partial charge in [0.15, 0.2) is 0 Å². The number of aryl methyl sites for hydroxylation is 1. The Morgan fingerprint density at radius 3 is 2.68 bits per heavy atom. The Kier molecular flexibility index (Phi) is 3.75. The van der Waals surface area contributed by atoms with Crippen LogP contribution in [-0.4, -0.2) is 38.9 Å². The second-order valence-corrected chi connectivity index (χ2v) is 4.20. The monoisotopic (exact) mass is 256 g/mol. The predicted molar refractivity (Wildman–Crippen MR) is 74.8 cm³/mol. The maximum atomic E-state index is 12.4. The fourth-order valence-corrected chi connectivity index (χ4v) is 1.91. The number of benzene rings is 1. The molecule has 1 aromatic heterocycles. The highest BCUT2D eigenvalue weighted by Gasteiger charge is 2.14. The number of hydrogen-bond acceptors (Lipinski definition) is 3. The number of amides is 1. The fraction of sp³-hybridized carbons (Fsp3) is 0.214. The molecule has 5 nitrogen and oxygen atoms in total.